The predicted octanol–water partition coefficient (Wildman–Crippen LogP) is 3.76. The zero-order valence-corrected chi connectivity index (χ0v) is 17.0. The number of hydrogen-bond donors (Lipinski definition) is 0. The van der Waals surface area contributed by atoms with Crippen LogP contribution < -0.4 is 9.47 Å². The molecule has 7 nitrogen and oxygen atoms in total. The highest BCUT2D eigenvalue weighted by molar-refractivity contribution is 5.80. The number of benzene rings is 2. The normalized spacial score (nSPS) is 20.5. The Labute approximate surface area is 174 Å². The van der Waals surface area contributed by atoms with Crippen molar-refractivity contribution in [2.45, 2.75) is 31.2 Å². The Hall–Kier alpha value is -3.35. The first-order chi connectivity index (χ1) is 14.7. The minimum absolute atomic E-state index is 0.0738. The summed E-state index contributed by atoms with van der Waals surface area (Å²) in [6.45, 7) is 0.609. The number of methoxy groups -OCH3 is 2. The summed E-state index contributed by atoms with van der Waals surface area (Å²) in [4.78, 5) is 19.4. The monoisotopic (exact) mass is 405 g/mol. The number of nitrogens with zero attached hydrogens (tertiary/aromatic N) is 3. The van der Waals surface area contributed by atoms with E-state index in [2.05, 4.69) is 28.3 Å². The molecule has 2 atom stereocenters. The molecule has 0 N–H and O–H groups in total. The van der Waals surface area contributed by atoms with E-state index in [0.717, 1.165) is 18.4 Å². The van der Waals surface area contributed by atoms with Crippen LogP contribution in [0.5, 0.6) is 11.5 Å². The number of amides is 1. The Kier molecular flexibility index (Phi) is 4.65. The van der Waals surface area contributed by atoms with Crippen molar-refractivity contribution >= 4 is 5.91 Å². The summed E-state index contributed by atoms with van der Waals surface area (Å²) >= 11 is 0. The van der Waals surface area contributed by atoms with Gasteiger partial charge in [0.1, 0.15) is 11.5 Å². The molecule has 7 heteroatoms. The Morgan fingerprint density at radius 1 is 1.10 bits per heavy atom. The van der Waals surface area contributed by atoms with Crippen LogP contribution in [-0.2, 0) is 11.2 Å². The molecule has 1 aliphatic carbocycles. The van der Waals surface area contributed by atoms with E-state index in [1.165, 1.54) is 11.1 Å². The highest BCUT2D eigenvalue weighted by Crippen LogP contribution is 2.40. The van der Waals surface area contributed by atoms with Gasteiger partial charge in [0, 0.05) is 30.5 Å². The minimum atomic E-state index is -0.0738. The number of aromatic nitrogens is 2. The number of aryl methyl sites for hydroxylation is 1. The van der Waals surface area contributed by atoms with Crippen LogP contribution in [0.2, 0.25) is 0 Å². The molecule has 5 rings (SSSR count). The Bertz CT molecular complexity index is 1070. The minimum Gasteiger partial charge on any atom is -0.497 e. The second-order valence-electron chi connectivity index (χ2n) is 7.76. The highest BCUT2D eigenvalue weighted by Gasteiger charge is 2.40. The summed E-state index contributed by atoms with van der Waals surface area (Å²) < 4.78 is 16.1. The first-order valence-corrected chi connectivity index (χ1v) is 10.1. The lowest BCUT2D eigenvalue weighted by atomic mass is 10.1. The van der Waals surface area contributed by atoms with E-state index in [9.17, 15) is 4.79 Å². The van der Waals surface area contributed by atoms with Gasteiger partial charge in [-0.3, -0.25) is 4.79 Å². The first-order valence-electron chi connectivity index (χ1n) is 10.1. The number of rotatable bonds is 5. The predicted molar refractivity (Wildman–Crippen MR) is 109 cm³/mol. The summed E-state index contributed by atoms with van der Waals surface area (Å²) in [6, 6.07) is 14.0. The maximum atomic E-state index is 12.8. The zero-order chi connectivity index (χ0) is 20.7. The van der Waals surface area contributed by atoms with Gasteiger partial charge in [0.25, 0.3) is 5.89 Å². The molecule has 0 radical (unpaired) electrons. The molecule has 2 aromatic carbocycles. The van der Waals surface area contributed by atoms with E-state index >= 15 is 0 Å². The lowest BCUT2D eigenvalue weighted by Crippen LogP contribution is -2.28. The SMILES string of the molecule is COc1cc(OC)cc(-c2nc(C3CC(=O)N(C4CCc5ccccc54)C3)no2)c1. The summed E-state index contributed by atoms with van der Waals surface area (Å²) in [5.74, 6) is 2.32. The fourth-order valence-electron chi connectivity index (χ4n) is 4.51. The summed E-state index contributed by atoms with van der Waals surface area (Å²) in [5, 5.41) is 4.18. The molecule has 0 saturated carbocycles. The zero-order valence-electron chi connectivity index (χ0n) is 17.0. The molecule has 1 fully saturated rings. The average Bonchev–Trinajstić information content (AvgIpc) is 3.51. The lowest BCUT2D eigenvalue weighted by molar-refractivity contribution is -0.129. The third kappa shape index (κ3) is 3.20. The van der Waals surface area contributed by atoms with Gasteiger partial charge in [-0.2, -0.15) is 4.98 Å². The molecule has 1 aromatic heterocycles. The van der Waals surface area contributed by atoms with Gasteiger partial charge in [-0.05, 0) is 36.1 Å². The van der Waals surface area contributed by atoms with Gasteiger partial charge >= 0.3 is 0 Å². The number of fused-ring (bicyclic) bond motifs is 1. The van der Waals surface area contributed by atoms with E-state index in [4.69, 9.17) is 14.0 Å². The van der Waals surface area contributed by atoms with Gasteiger partial charge in [0.2, 0.25) is 5.91 Å². The van der Waals surface area contributed by atoms with Crippen molar-refractivity contribution in [3.63, 3.8) is 0 Å². The van der Waals surface area contributed by atoms with Crippen LogP contribution in [0.3, 0.4) is 0 Å². The van der Waals surface area contributed by atoms with Crippen LogP contribution in [0.25, 0.3) is 11.5 Å². The molecule has 0 bridgehead atoms. The maximum absolute atomic E-state index is 12.8. The fraction of sp³-hybridized carbons (Fsp3) is 0.348. The lowest BCUT2D eigenvalue weighted by Gasteiger charge is -2.25. The fourth-order valence-corrected chi connectivity index (χ4v) is 4.51. The Morgan fingerprint density at radius 2 is 1.87 bits per heavy atom. The molecule has 1 aliphatic heterocycles. The third-order valence-corrected chi connectivity index (χ3v) is 6.04. The van der Waals surface area contributed by atoms with Crippen LogP contribution in [0.1, 0.15) is 41.8 Å². The van der Waals surface area contributed by atoms with Crippen LogP contribution in [-0.4, -0.2) is 41.7 Å². The van der Waals surface area contributed by atoms with Crippen LogP contribution in [0.15, 0.2) is 47.0 Å². The molecule has 1 amide bonds. The van der Waals surface area contributed by atoms with Gasteiger partial charge < -0.3 is 18.9 Å². The van der Waals surface area contributed by atoms with Crippen LogP contribution in [0.4, 0.5) is 0 Å². The molecule has 154 valence electrons. The summed E-state index contributed by atoms with van der Waals surface area (Å²) in [7, 11) is 3.19. The second-order valence-corrected chi connectivity index (χ2v) is 7.76. The number of carbonyl (C=O) groups is 1. The molecule has 1 saturated heterocycles. The van der Waals surface area contributed by atoms with Gasteiger partial charge in [0.15, 0.2) is 5.82 Å². The topological polar surface area (TPSA) is 77.7 Å². The van der Waals surface area contributed by atoms with E-state index in [-0.39, 0.29) is 17.9 Å². The van der Waals surface area contributed by atoms with Crippen LogP contribution in [0, 0.1) is 0 Å². The average molecular weight is 405 g/mol. The third-order valence-electron chi connectivity index (χ3n) is 6.04. The van der Waals surface area contributed by atoms with Crippen molar-refractivity contribution in [2.24, 2.45) is 0 Å². The van der Waals surface area contributed by atoms with E-state index in [0.29, 0.717) is 36.2 Å². The van der Waals surface area contributed by atoms with Gasteiger partial charge in [-0.25, -0.2) is 0 Å². The van der Waals surface area contributed by atoms with Crippen molar-refractivity contribution in [1.29, 1.82) is 0 Å². The van der Waals surface area contributed by atoms with Gasteiger partial charge in [0.05, 0.1) is 20.3 Å². The molecule has 0 spiro atoms. The van der Waals surface area contributed by atoms with Crippen molar-refractivity contribution in [1.82, 2.24) is 15.0 Å². The van der Waals surface area contributed by atoms with E-state index in [1.807, 2.05) is 23.1 Å². The molecule has 3 aromatic rings. The van der Waals surface area contributed by atoms with Crippen molar-refractivity contribution in [3.8, 4) is 23.0 Å². The number of likely N-dealkylation sites (tertiary alicyclic amines) is 1. The standard InChI is InChI=1S/C23H23N3O4/c1-28-17-9-15(10-18(12-17)29-2)23-24-22(25-30-23)16-11-21(27)26(13-16)20-8-7-14-5-3-4-6-19(14)20/h3-6,9-10,12,16,20H,7-8,11,13H2,1-2H3. The molecular formula is C23H23N3O4. The highest BCUT2D eigenvalue weighted by atomic mass is 16.5. The second kappa shape index (κ2) is 7.48. The van der Waals surface area contributed by atoms with E-state index in [1.54, 1.807) is 20.3 Å². The smallest absolute Gasteiger partial charge is 0.258 e. The number of hydrogen-bond acceptors (Lipinski definition) is 6. The Morgan fingerprint density at radius 3 is 2.63 bits per heavy atom. The molecule has 30 heavy (non-hydrogen) atoms. The maximum Gasteiger partial charge on any atom is 0.258 e. The van der Waals surface area contributed by atoms with Crippen molar-refractivity contribution < 1.29 is 18.8 Å². The Balaban J connectivity index is 1.37. The number of ether oxygens (including phenoxy) is 2. The number of carbonyl (C=O) groups excluding carboxylic acids is 1. The molecule has 2 unspecified atom stereocenters. The van der Waals surface area contributed by atoms with Gasteiger partial charge in [-0.1, -0.05) is 29.4 Å². The van der Waals surface area contributed by atoms with Gasteiger partial charge in [-0.15, -0.1) is 0 Å². The van der Waals surface area contributed by atoms with Crippen molar-refractivity contribution in [3.05, 3.63) is 59.4 Å². The summed E-state index contributed by atoms with van der Waals surface area (Å²) in [5.41, 5.74) is 3.33. The molecule has 2 heterocycles. The first kappa shape index (κ1) is 18.7. The summed E-state index contributed by atoms with van der Waals surface area (Å²) in [6.07, 6.45) is 2.39. The molecular weight excluding hydrogens is 382 g/mol. The van der Waals surface area contributed by atoms with Crippen molar-refractivity contribution in [2.75, 3.05) is 20.8 Å². The van der Waals surface area contributed by atoms with E-state index < -0.39 is 0 Å². The van der Waals surface area contributed by atoms with Crippen LogP contribution >= 0.6 is 0 Å². The quantitative estimate of drug-likeness (QED) is 0.643. The largest absolute Gasteiger partial charge is 0.497 e. The molecule has 2 aliphatic rings.